The Morgan fingerprint density at radius 3 is 2.36 bits per heavy atom. The molecule has 28 heavy (non-hydrogen) atoms. The van der Waals surface area contributed by atoms with Gasteiger partial charge in [0.25, 0.3) is 0 Å². The summed E-state index contributed by atoms with van der Waals surface area (Å²) in [6, 6.07) is 0. The van der Waals surface area contributed by atoms with Crippen LogP contribution in [0.1, 0.15) is 29.1 Å². The summed E-state index contributed by atoms with van der Waals surface area (Å²) in [4.78, 5) is 27.4. The van der Waals surface area contributed by atoms with Gasteiger partial charge in [0.1, 0.15) is 11.4 Å². The van der Waals surface area contributed by atoms with Gasteiger partial charge in [0, 0.05) is 58.0 Å². The van der Waals surface area contributed by atoms with E-state index in [2.05, 4.69) is 15.1 Å². The number of amides is 1. The summed E-state index contributed by atoms with van der Waals surface area (Å²) in [7, 11) is 1.92. The maximum atomic E-state index is 12.5. The van der Waals surface area contributed by atoms with Gasteiger partial charge in [-0.05, 0) is 20.8 Å². The van der Waals surface area contributed by atoms with Crippen LogP contribution < -0.4 is 0 Å². The highest BCUT2D eigenvalue weighted by Gasteiger charge is 2.24. The lowest BCUT2D eigenvalue weighted by Gasteiger charge is -2.34. The van der Waals surface area contributed by atoms with Crippen LogP contribution in [-0.4, -0.2) is 66.4 Å². The number of carbonyl (C=O) groups excluding carboxylic acids is 1. The van der Waals surface area contributed by atoms with E-state index in [4.69, 9.17) is 0 Å². The zero-order valence-electron chi connectivity index (χ0n) is 16.9. The first kappa shape index (κ1) is 20.0. The van der Waals surface area contributed by atoms with Gasteiger partial charge in [0.05, 0.1) is 17.2 Å². The first-order chi connectivity index (χ1) is 13.3. The Bertz CT molecular complexity index is 878. The minimum atomic E-state index is -0.417. The van der Waals surface area contributed by atoms with Crippen molar-refractivity contribution in [2.24, 2.45) is 7.05 Å². The molecule has 0 N–H and O–H groups in total. The number of aromatic nitrogens is 4. The van der Waals surface area contributed by atoms with Gasteiger partial charge in [-0.3, -0.25) is 29.2 Å². The van der Waals surface area contributed by atoms with Gasteiger partial charge in [-0.25, -0.2) is 0 Å². The predicted octanol–water partition coefficient (Wildman–Crippen LogP) is 1.18. The summed E-state index contributed by atoms with van der Waals surface area (Å²) in [6.45, 7) is 9.53. The number of rotatable bonds is 6. The number of hydrogen-bond acceptors (Lipinski definition) is 6. The summed E-state index contributed by atoms with van der Waals surface area (Å²) in [5, 5.41) is 19.7. The van der Waals surface area contributed by atoms with E-state index in [0.717, 1.165) is 25.3 Å². The fourth-order valence-electron chi connectivity index (χ4n) is 3.73. The Balaban J connectivity index is 1.50. The second-order valence-electron chi connectivity index (χ2n) is 7.32. The van der Waals surface area contributed by atoms with Crippen molar-refractivity contribution < 1.29 is 9.72 Å². The highest BCUT2D eigenvalue weighted by Crippen LogP contribution is 2.22. The first-order valence-corrected chi connectivity index (χ1v) is 9.44. The lowest BCUT2D eigenvalue weighted by molar-refractivity contribution is -0.386. The minimum Gasteiger partial charge on any atom is -0.340 e. The molecule has 0 radical (unpaired) electrons. The van der Waals surface area contributed by atoms with Gasteiger partial charge in [-0.15, -0.1) is 0 Å². The van der Waals surface area contributed by atoms with Crippen molar-refractivity contribution in [3.05, 3.63) is 39.0 Å². The number of hydrogen-bond donors (Lipinski definition) is 0. The molecule has 10 nitrogen and oxygen atoms in total. The van der Waals surface area contributed by atoms with E-state index < -0.39 is 4.92 Å². The molecule has 0 atom stereocenters. The summed E-state index contributed by atoms with van der Waals surface area (Å²) >= 11 is 0. The highest BCUT2D eigenvalue weighted by atomic mass is 16.6. The lowest BCUT2D eigenvalue weighted by Crippen LogP contribution is -2.48. The molecular formula is C18H27N7O3. The van der Waals surface area contributed by atoms with Gasteiger partial charge in [0.15, 0.2) is 0 Å². The SMILES string of the molecule is Cc1nn(C)cc1CN1CCN(C(=O)CCn2nc(C)c([N+](=O)[O-])c2C)CC1. The molecule has 1 amide bonds. The third kappa shape index (κ3) is 4.22. The summed E-state index contributed by atoms with van der Waals surface area (Å²) in [6.07, 6.45) is 2.33. The van der Waals surface area contributed by atoms with Crippen LogP contribution in [0.2, 0.25) is 0 Å². The quantitative estimate of drug-likeness (QED) is 0.543. The molecule has 0 aliphatic carbocycles. The molecule has 0 bridgehead atoms. The maximum absolute atomic E-state index is 12.5. The molecular weight excluding hydrogens is 362 g/mol. The number of carbonyl (C=O) groups is 1. The van der Waals surface area contributed by atoms with Crippen molar-refractivity contribution in [3.8, 4) is 0 Å². The number of aryl methyl sites for hydroxylation is 4. The van der Waals surface area contributed by atoms with E-state index in [0.29, 0.717) is 37.4 Å². The van der Waals surface area contributed by atoms with Gasteiger partial charge in [-0.1, -0.05) is 0 Å². The molecule has 1 saturated heterocycles. The van der Waals surface area contributed by atoms with Crippen molar-refractivity contribution >= 4 is 11.6 Å². The Morgan fingerprint density at radius 1 is 1.14 bits per heavy atom. The van der Waals surface area contributed by atoms with Gasteiger partial charge >= 0.3 is 5.69 Å². The zero-order chi connectivity index (χ0) is 20.4. The van der Waals surface area contributed by atoms with E-state index in [-0.39, 0.29) is 11.6 Å². The Kier molecular flexibility index (Phi) is 5.78. The van der Waals surface area contributed by atoms with Gasteiger partial charge in [0.2, 0.25) is 5.91 Å². The van der Waals surface area contributed by atoms with E-state index in [9.17, 15) is 14.9 Å². The van der Waals surface area contributed by atoms with Crippen LogP contribution in [0.5, 0.6) is 0 Å². The molecule has 2 aromatic heterocycles. The van der Waals surface area contributed by atoms with Gasteiger partial charge < -0.3 is 4.90 Å². The van der Waals surface area contributed by atoms with Crippen LogP contribution in [0.3, 0.4) is 0 Å². The topological polar surface area (TPSA) is 102 Å². The van der Waals surface area contributed by atoms with Crippen LogP contribution in [-0.2, 0) is 24.9 Å². The minimum absolute atomic E-state index is 0.0340. The van der Waals surface area contributed by atoms with Crippen LogP contribution in [0.4, 0.5) is 5.69 Å². The van der Waals surface area contributed by atoms with E-state index in [1.54, 1.807) is 18.5 Å². The number of piperazine rings is 1. The van der Waals surface area contributed by atoms with Crippen molar-refractivity contribution in [2.75, 3.05) is 26.2 Å². The van der Waals surface area contributed by atoms with Gasteiger partial charge in [-0.2, -0.15) is 10.2 Å². The fraction of sp³-hybridized carbons (Fsp3) is 0.611. The molecule has 1 aliphatic heterocycles. The van der Waals surface area contributed by atoms with Crippen LogP contribution in [0.15, 0.2) is 6.20 Å². The van der Waals surface area contributed by atoms with E-state index in [1.165, 1.54) is 5.56 Å². The largest absolute Gasteiger partial charge is 0.340 e. The summed E-state index contributed by atoms with van der Waals surface area (Å²) in [5.74, 6) is 0.0624. The Hall–Kier alpha value is -2.75. The average Bonchev–Trinajstić information content (AvgIpc) is 3.10. The van der Waals surface area contributed by atoms with Crippen LogP contribution >= 0.6 is 0 Å². The molecule has 0 aromatic carbocycles. The zero-order valence-corrected chi connectivity index (χ0v) is 16.9. The second-order valence-corrected chi connectivity index (χ2v) is 7.32. The molecule has 1 fully saturated rings. The molecule has 152 valence electrons. The first-order valence-electron chi connectivity index (χ1n) is 9.44. The molecule has 3 rings (SSSR count). The maximum Gasteiger partial charge on any atom is 0.312 e. The molecule has 0 saturated carbocycles. The molecule has 2 aromatic rings. The van der Waals surface area contributed by atoms with E-state index >= 15 is 0 Å². The smallest absolute Gasteiger partial charge is 0.312 e. The summed E-state index contributed by atoms with van der Waals surface area (Å²) in [5.41, 5.74) is 3.17. The summed E-state index contributed by atoms with van der Waals surface area (Å²) < 4.78 is 3.39. The normalized spacial score (nSPS) is 15.2. The predicted molar refractivity (Wildman–Crippen MR) is 103 cm³/mol. The third-order valence-corrected chi connectivity index (χ3v) is 5.30. The standard InChI is InChI=1S/C18H27N7O3/c1-13-16(11-21(4)19-13)12-22-7-9-23(10-8-22)17(26)5-6-24-15(3)18(25(27)28)14(2)20-24/h11H,5-10,12H2,1-4H3. The van der Waals surface area contributed by atoms with Crippen LogP contribution in [0.25, 0.3) is 0 Å². The Morgan fingerprint density at radius 2 is 1.82 bits per heavy atom. The molecule has 0 unspecified atom stereocenters. The molecule has 3 heterocycles. The second kappa shape index (κ2) is 8.09. The number of nitro groups is 1. The average molecular weight is 389 g/mol. The van der Waals surface area contributed by atoms with Crippen molar-refractivity contribution in [2.45, 2.75) is 40.3 Å². The van der Waals surface area contributed by atoms with Crippen molar-refractivity contribution in [3.63, 3.8) is 0 Å². The highest BCUT2D eigenvalue weighted by molar-refractivity contribution is 5.76. The van der Waals surface area contributed by atoms with E-state index in [1.807, 2.05) is 29.7 Å². The monoisotopic (exact) mass is 389 g/mol. The van der Waals surface area contributed by atoms with Crippen molar-refractivity contribution in [1.82, 2.24) is 29.4 Å². The number of nitrogens with zero attached hydrogens (tertiary/aromatic N) is 7. The molecule has 1 aliphatic rings. The lowest BCUT2D eigenvalue weighted by atomic mass is 10.2. The Labute approximate surface area is 163 Å². The fourth-order valence-corrected chi connectivity index (χ4v) is 3.73. The van der Waals surface area contributed by atoms with Crippen molar-refractivity contribution in [1.29, 1.82) is 0 Å². The third-order valence-electron chi connectivity index (χ3n) is 5.30. The van der Waals surface area contributed by atoms with Crippen LogP contribution in [0, 0.1) is 30.9 Å². The molecule has 10 heteroatoms. The molecule has 0 spiro atoms.